The lowest BCUT2D eigenvalue weighted by atomic mass is 9.95. The van der Waals surface area contributed by atoms with E-state index in [-0.39, 0.29) is 17.5 Å². The smallest absolute Gasteiger partial charge is 0.467 e. The van der Waals surface area contributed by atoms with Crippen LogP contribution in [0.5, 0.6) is 0 Å². The molecule has 0 spiro atoms. The Kier molecular flexibility index (Phi) is 6.30. The summed E-state index contributed by atoms with van der Waals surface area (Å²) in [5, 5.41) is 2.82. The van der Waals surface area contributed by atoms with Crippen molar-refractivity contribution in [3.63, 3.8) is 0 Å². The third-order valence-corrected chi connectivity index (χ3v) is 5.11. The third kappa shape index (κ3) is 4.81. The average molecular weight is 408 g/mol. The summed E-state index contributed by atoms with van der Waals surface area (Å²) >= 11 is 0. The van der Waals surface area contributed by atoms with Gasteiger partial charge in [0, 0.05) is 11.7 Å². The van der Waals surface area contributed by atoms with Crippen LogP contribution < -0.4 is 10.2 Å². The molecule has 0 bridgehead atoms. The van der Waals surface area contributed by atoms with Crippen molar-refractivity contribution in [2.45, 2.75) is 57.3 Å². The number of hydrogen-bond donors (Lipinski definition) is 1. The fraction of sp³-hybridized carbons (Fsp3) is 0.429. The fourth-order valence-corrected chi connectivity index (χ4v) is 3.68. The van der Waals surface area contributed by atoms with Crippen LogP contribution >= 0.6 is 0 Å². The number of amides is 2. The highest BCUT2D eigenvalue weighted by molar-refractivity contribution is 6.04. The first-order valence-electron chi connectivity index (χ1n) is 9.59. The minimum absolute atomic E-state index is 0.00928. The van der Waals surface area contributed by atoms with Gasteiger partial charge in [0.05, 0.1) is 6.26 Å². The molecule has 1 saturated carbocycles. The van der Waals surface area contributed by atoms with Gasteiger partial charge in [-0.25, -0.2) is 0 Å². The number of nitrogens with one attached hydrogen (secondary N) is 1. The Bertz CT molecular complexity index is 843. The summed E-state index contributed by atoms with van der Waals surface area (Å²) in [6.45, 7) is 1.59. The second kappa shape index (κ2) is 8.71. The second-order valence-corrected chi connectivity index (χ2v) is 7.22. The van der Waals surface area contributed by atoms with E-state index >= 15 is 0 Å². The maximum Gasteiger partial charge on any atom is 0.471 e. The van der Waals surface area contributed by atoms with Crippen LogP contribution in [-0.2, 0) is 9.59 Å². The average Bonchev–Trinajstić information content (AvgIpc) is 3.20. The zero-order valence-electron chi connectivity index (χ0n) is 16.0. The van der Waals surface area contributed by atoms with E-state index in [9.17, 15) is 22.8 Å². The standard InChI is InChI=1S/C21H23F3N2O3/c1-14-8-5-6-11-16(14)26(20(28)21(22,23)24)18(17-12-7-13-29-17)19(27)25-15-9-3-2-4-10-15/h5-8,11-13,15,18H,2-4,9-10H2,1H3,(H,25,27). The molecule has 0 radical (unpaired) electrons. The van der Waals surface area contributed by atoms with Gasteiger partial charge in [-0.1, -0.05) is 37.5 Å². The fourth-order valence-electron chi connectivity index (χ4n) is 3.68. The van der Waals surface area contributed by atoms with Crippen LogP contribution in [0.25, 0.3) is 0 Å². The first-order valence-corrected chi connectivity index (χ1v) is 9.59. The van der Waals surface area contributed by atoms with E-state index in [0.29, 0.717) is 10.5 Å². The van der Waals surface area contributed by atoms with Crippen molar-refractivity contribution in [1.82, 2.24) is 5.32 Å². The third-order valence-electron chi connectivity index (χ3n) is 5.11. The highest BCUT2D eigenvalue weighted by Crippen LogP contribution is 2.35. The van der Waals surface area contributed by atoms with Crippen molar-refractivity contribution in [2.24, 2.45) is 0 Å². The molecular weight excluding hydrogens is 385 g/mol. The van der Waals surface area contributed by atoms with Crippen LogP contribution in [-0.4, -0.2) is 24.0 Å². The highest BCUT2D eigenvalue weighted by Gasteiger charge is 2.48. The Balaban J connectivity index is 2.04. The zero-order valence-corrected chi connectivity index (χ0v) is 16.0. The first-order chi connectivity index (χ1) is 13.8. The number of halogens is 3. The summed E-state index contributed by atoms with van der Waals surface area (Å²) in [7, 11) is 0. The number of aryl methyl sites for hydroxylation is 1. The Morgan fingerprint density at radius 3 is 2.38 bits per heavy atom. The number of nitrogens with zero attached hydrogens (tertiary/aromatic N) is 1. The normalized spacial score (nSPS) is 16.3. The van der Waals surface area contributed by atoms with Crippen LogP contribution in [0.4, 0.5) is 18.9 Å². The molecule has 2 aromatic rings. The number of para-hydroxylation sites is 1. The van der Waals surface area contributed by atoms with Crippen molar-refractivity contribution in [3.8, 4) is 0 Å². The van der Waals surface area contributed by atoms with Crippen LogP contribution in [0, 0.1) is 6.92 Å². The predicted octanol–water partition coefficient (Wildman–Crippen LogP) is 4.67. The topological polar surface area (TPSA) is 62.6 Å². The molecule has 1 unspecified atom stereocenters. The van der Waals surface area contributed by atoms with Crippen LogP contribution in [0.1, 0.15) is 49.5 Å². The highest BCUT2D eigenvalue weighted by atomic mass is 19.4. The lowest BCUT2D eigenvalue weighted by Crippen LogP contribution is -2.50. The Hall–Kier alpha value is -2.77. The van der Waals surface area contributed by atoms with E-state index in [2.05, 4.69) is 5.32 Å². The lowest BCUT2D eigenvalue weighted by Gasteiger charge is -2.33. The molecule has 1 aromatic carbocycles. The molecule has 5 nitrogen and oxygen atoms in total. The van der Waals surface area contributed by atoms with Gasteiger partial charge in [0.25, 0.3) is 5.91 Å². The molecule has 0 saturated heterocycles. The van der Waals surface area contributed by atoms with Crippen LogP contribution in [0.15, 0.2) is 47.1 Å². The number of benzene rings is 1. The summed E-state index contributed by atoms with van der Waals surface area (Å²) in [6, 6.07) is 7.34. The largest absolute Gasteiger partial charge is 0.471 e. The Morgan fingerprint density at radius 2 is 1.79 bits per heavy atom. The van der Waals surface area contributed by atoms with Crippen molar-refractivity contribution in [3.05, 3.63) is 54.0 Å². The van der Waals surface area contributed by atoms with Crippen LogP contribution in [0.2, 0.25) is 0 Å². The molecule has 1 aliphatic carbocycles. The second-order valence-electron chi connectivity index (χ2n) is 7.22. The lowest BCUT2D eigenvalue weighted by molar-refractivity contribution is -0.171. The molecule has 3 rings (SSSR count). The van der Waals surface area contributed by atoms with E-state index in [1.54, 1.807) is 19.1 Å². The van der Waals surface area contributed by atoms with Crippen molar-refractivity contribution < 1.29 is 27.2 Å². The SMILES string of the molecule is Cc1ccccc1N(C(=O)C(F)(F)F)C(C(=O)NC1CCCCC1)c1ccco1. The van der Waals surface area contributed by atoms with Crippen LogP contribution in [0.3, 0.4) is 0 Å². The number of rotatable bonds is 5. The van der Waals surface area contributed by atoms with Gasteiger partial charge in [0.2, 0.25) is 0 Å². The minimum atomic E-state index is -5.15. The van der Waals surface area contributed by atoms with Gasteiger partial charge < -0.3 is 9.73 Å². The summed E-state index contributed by atoms with van der Waals surface area (Å²) in [4.78, 5) is 26.1. The summed E-state index contributed by atoms with van der Waals surface area (Å²) in [5.74, 6) is -2.83. The quantitative estimate of drug-likeness (QED) is 0.782. The molecule has 8 heteroatoms. The number of carbonyl (C=O) groups excluding carboxylic acids is 2. The van der Waals surface area contributed by atoms with Crippen molar-refractivity contribution >= 4 is 17.5 Å². The first kappa shape index (κ1) is 21.0. The van der Waals surface area contributed by atoms with E-state index in [4.69, 9.17) is 4.42 Å². The zero-order chi connectivity index (χ0) is 21.0. The van der Waals surface area contributed by atoms with Gasteiger partial charge in [-0.2, -0.15) is 13.2 Å². The Labute approximate surface area is 166 Å². The van der Waals surface area contributed by atoms with E-state index in [1.165, 1.54) is 30.5 Å². The van der Waals surface area contributed by atoms with E-state index < -0.39 is 24.0 Å². The van der Waals surface area contributed by atoms with E-state index in [1.807, 2.05) is 0 Å². The molecule has 29 heavy (non-hydrogen) atoms. The minimum Gasteiger partial charge on any atom is -0.467 e. The summed E-state index contributed by atoms with van der Waals surface area (Å²) in [6.07, 6.45) is 0.583. The molecule has 1 N–H and O–H groups in total. The van der Waals surface area contributed by atoms with Crippen molar-refractivity contribution in [1.29, 1.82) is 0 Å². The molecule has 1 aliphatic rings. The number of furan rings is 1. The maximum absolute atomic E-state index is 13.5. The molecule has 1 fully saturated rings. The molecule has 156 valence electrons. The molecule has 1 aromatic heterocycles. The summed E-state index contributed by atoms with van der Waals surface area (Å²) < 4.78 is 45.8. The van der Waals surface area contributed by atoms with Gasteiger partial charge in [-0.3, -0.25) is 14.5 Å². The number of carbonyl (C=O) groups is 2. The molecular formula is C21H23F3N2O3. The number of alkyl halides is 3. The van der Waals surface area contributed by atoms with Gasteiger partial charge in [-0.05, 0) is 43.5 Å². The predicted molar refractivity (Wildman–Crippen MR) is 101 cm³/mol. The number of hydrogen-bond acceptors (Lipinski definition) is 3. The van der Waals surface area contributed by atoms with Gasteiger partial charge in [0.15, 0.2) is 6.04 Å². The molecule has 1 heterocycles. The van der Waals surface area contributed by atoms with Gasteiger partial charge in [0.1, 0.15) is 5.76 Å². The van der Waals surface area contributed by atoms with Gasteiger partial charge >= 0.3 is 12.1 Å². The van der Waals surface area contributed by atoms with Gasteiger partial charge in [-0.15, -0.1) is 0 Å². The molecule has 0 aliphatic heterocycles. The summed E-state index contributed by atoms with van der Waals surface area (Å²) in [5.41, 5.74) is 0.446. The van der Waals surface area contributed by atoms with Crippen molar-refractivity contribution in [2.75, 3.05) is 4.90 Å². The maximum atomic E-state index is 13.5. The molecule has 2 amide bonds. The molecule has 1 atom stereocenters. The van der Waals surface area contributed by atoms with E-state index in [0.717, 1.165) is 32.1 Å². The Morgan fingerprint density at radius 1 is 1.10 bits per heavy atom. The number of anilines is 1. The monoisotopic (exact) mass is 408 g/mol.